The highest BCUT2D eigenvalue weighted by atomic mass is 35.5. The number of carbonyl (C=O) groups is 1. The molecule has 0 heterocycles. The van der Waals surface area contributed by atoms with Crippen LogP contribution >= 0.6 is 11.6 Å². The van der Waals surface area contributed by atoms with Gasteiger partial charge in [-0.25, -0.2) is 0 Å². The van der Waals surface area contributed by atoms with Crippen LogP contribution in [0, 0.1) is 0 Å². The van der Waals surface area contributed by atoms with Gasteiger partial charge in [0.15, 0.2) is 5.78 Å². The number of halogens is 1. The van der Waals surface area contributed by atoms with Crippen molar-refractivity contribution in [1.82, 2.24) is 0 Å². The summed E-state index contributed by atoms with van der Waals surface area (Å²) in [6.07, 6.45) is 8.34. The van der Waals surface area contributed by atoms with Crippen molar-refractivity contribution < 1.29 is 4.79 Å². The Morgan fingerprint density at radius 2 is 2.00 bits per heavy atom. The van der Waals surface area contributed by atoms with E-state index >= 15 is 0 Å². The van der Waals surface area contributed by atoms with Crippen molar-refractivity contribution in [2.75, 3.05) is 5.88 Å². The summed E-state index contributed by atoms with van der Waals surface area (Å²) in [4.78, 5) is 11.1. The summed E-state index contributed by atoms with van der Waals surface area (Å²) in [5, 5.41) is 0. The molecule has 1 nitrogen and oxygen atoms in total. The Bertz CT molecular complexity index is 421. The van der Waals surface area contributed by atoms with E-state index in [4.69, 9.17) is 11.6 Å². The number of fused-ring (bicyclic) bond motifs is 1. The van der Waals surface area contributed by atoms with Crippen LogP contribution in [0.25, 0.3) is 6.08 Å². The van der Waals surface area contributed by atoms with Crippen LogP contribution in [0.5, 0.6) is 0 Å². The molecule has 0 atom stereocenters. The number of ketones is 1. The fourth-order valence-electron chi connectivity index (χ4n) is 2.09. The summed E-state index contributed by atoms with van der Waals surface area (Å²) in [5.41, 5.74) is 4.00. The van der Waals surface area contributed by atoms with Crippen molar-refractivity contribution in [3.05, 3.63) is 41.0 Å². The van der Waals surface area contributed by atoms with Gasteiger partial charge in [0.25, 0.3) is 0 Å². The number of aryl methyl sites for hydroxylation is 2. The van der Waals surface area contributed by atoms with Crippen LogP contribution in [-0.2, 0) is 17.6 Å². The van der Waals surface area contributed by atoms with Crippen LogP contribution in [0.1, 0.15) is 29.5 Å². The van der Waals surface area contributed by atoms with Gasteiger partial charge in [-0.05, 0) is 48.4 Å². The first-order chi connectivity index (χ1) is 7.79. The van der Waals surface area contributed by atoms with E-state index in [1.807, 2.05) is 6.08 Å². The SMILES string of the molecule is O=C(C=Cc1ccc2c(c1)CCCC2)CCl. The zero-order chi connectivity index (χ0) is 11.4. The average molecular weight is 235 g/mol. The second kappa shape index (κ2) is 5.31. The first-order valence-electron chi connectivity index (χ1n) is 5.68. The molecule has 0 N–H and O–H groups in total. The highest BCUT2D eigenvalue weighted by molar-refractivity contribution is 6.29. The Kier molecular flexibility index (Phi) is 3.79. The zero-order valence-corrected chi connectivity index (χ0v) is 9.96. The molecule has 0 unspecified atom stereocenters. The van der Waals surface area contributed by atoms with E-state index in [9.17, 15) is 4.79 Å². The van der Waals surface area contributed by atoms with E-state index in [1.165, 1.54) is 36.8 Å². The highest BCUT2D eigenvalue weighted by Crippen LogP contribution is 2.22. The van der Waals surface area contributed by atoms with Gasteiger partial charge in [0.05, 0.1) is 5.88 Å². The molecule has 0 saturated carbocycles. The quantitative estimate of drug-likeness (QED) is 0.579. The standard InChI is InChI=1S/C14H15ClO/c15-10-14(16)8-6-11-5-7-12-3-1-2-4-13(12)9-11/h5-9H,1-4,10H2. The van der Waals surface area contributed by atoms with Crippen LogP contribution in [0.15, 0.2) is 24.3 Å². The maximum absolute atomic E-state index is 11.1. The molecule has 0 amide bonds. The van der Waals surface area contributed by atoms with Crippen LogP contribution in [0.3, 0.4) is 0 Å². The van der Waals surface area contributed by atoms with Crippen molar-refractivity contribution in [3.8, 4) is 0 Å². The third-order valence-electron chi connectivity index (χ3n) is 2.97. The van der Waals surface area contributed by atoms with Crippen LogP contribution in [-0.4, -0.2) is 11.7 Å². The monoisotopic (exact) mass is 234 g/mol. The second-order valence-electron chi connectivity index (χ2n) is 4.17. The first kappa shape index (κ1) is 11.4. The molecular formula is C14H15ClO. The van der Waals surface area contributed by atoms with Crippen molar-refractivity contribution >= 4 is 23.5 Å². The van der Waals surface area contributed by atoms with Gasteiger partial charge < -0.3 is 0 Å². The Hall–Kier alpha value is -1.08. The van der Waals surface area contributed by atoms with Crippen molar-refractivity contribution in [2.45, 2.75) is 25.7 Å². The molecule has 0 saturated heterocycles. The lowest BCUT2D eigenvalue weighted by atomic mass is 9.90. The highest BCUT2D eigenvalue weighted by Gasteiger charge is 2.08. The van der Waals surface area contributed by atoms with Crippen LogP contribution < -0.4 is 0 Å². The molecule has 0 spiro atoms. The Labute approximate surface area is 101 Å². The minimum atomic E-state index is -0.0422. The van der Waals surface area contributed by atoms with Gasteiger partial charge in [-0.1, -0.05) is 24.3 Å². The van der Waals surface area contributed by atoms with Gasteiger partial charge in [0.1, 0.15) is 0 Å². The molecule has 1 aliphatic rings. The third kappa shape index (κ3) is 2.73. The number of rotatable bonds is 3. The van der Waals surface area contributed by atoms with E-state index in [0.717, 1.165) is 5.56 Å². The number of hydrogen-bond donors (Lipinski definition) is 0. The molecule has 84 valence electrons. The average Bonchev–Trinajstić information content (AvgIpc) is 2.35. The molecule has 0 aliphatic heterocycles. The molecule has 0 radical (unpaired) electrons. The smallest absolute Gasteiger partial charge is 0.170 e. The lowest BCUT2D eigenvalue weighted by Crippen LogP contribution is -2.02. The number of alkyl halides is 1. The van der Waals surface area contributed by atoms with Crippen molar-refractivity contribution in [1.29, 1.82) is 0 Å². The molecule has 2 heteroatoms. The second-order valence-corrected chi connectivity index (χ2v) is 4.44. The fourth-order valence-corrected chi connectivity index (χ4v) is 2.18. The Morgan fingerprint density at radius 1 is 1.25 bits per heavy atom. The fraction of sp³-hybridized carbons (Fsp3) is 0.357. The third-order valence-corrected chi connectivity index (χ3v) is 3.23. The first-order valence-corrected chi connectivity index (χ1v) is 6.22. The van der Waals surface area contributed by atoms with E-state index in [-0.39, 0.29) is 11.7 Å². The van der Waals surface area contributed by atoms with Gasteiger partial charge in [-0.2, -0.15) is 0 Å². The Morgan fingerprint density at radius 3 is 2.75 bits per heavy atom. The van der Waals surface area contributed by atoms with Gasteiger partial charge >= 0.3 is 0 Å². The van der Waals surface area contributed by atoms with E-state index in [0.29, 0.717) is 0 Å². The normalized spacial score (nSPS) is 15.1. The Balaban J connectivity index is 2.17. The van der Waals surface area contributed by atoms with Gasteiger partial charge in [0.2, 0.25) is 0 Å². The van der Waals surface area contributed by atoms with Crippen LogP contribution in [0.2, 0.25) is 0 Å². The summed E-state index contributed by atoms with van der Waals surface area (Å²) in [6.45, 7) is 0. The molecule has 1 aliphatic carbocycles. The molecule has 16 heavy (non-hydrogen) atoms. The lowest BCUT2D eigenvalue weighted by Gasteiger charge is -2.15. The van der Waals surface area contributed by atoms with E-state index in [2.05, 4.69) is 18.2 Å². The topological polar surface area (TPSA) is 17.1 Å². The van der Waals surface area contributed by atoms with Crippen molar-refractivity contribution in [3.63, 3.8) is 0 Å². The molecule has 0 fully saturated rings. The maximum atomic E-state index is 11.1. The maximum Gasteiger partial charge on any atom is 0.170 e. The van der Waals surface area contributed by atoms with Gasteiger partial charge in [-0.3, -0.25) is 4.79 Å². The number of hydrogen-bond acceptors (Lipinski definition) is 1. The zero-order valence-electron chi connectivity index (χ0n) is 9.21. The molecule has 1 aromatic carbocycles. The predicted octanol–water partition coefficient (Wildman–Crippen LogP) is 3.39. The van der Waals surface area contributed by atoms with Gasteiger partial charge in [-0.15, -0.1) is 11.6 Å². The summed E-state index contributed by atoms with van der Waals surface area (Å²) in [6, 6.07) is 6.44. The van der Waals surface area contributed by atoms with E-state index < -0.39 is 0 Å². The minimum Gasteiger partial charge on any atom is -0.294 e. The van der Waals surface area contributed by atoms with Gasteiger partial charge in [0, 0.05) is 0 Å². The summed E-state index contributed by atoms with van der Waals surface area (Å²) in [5.74, 6) is 0.0148. The van der Waals surface area contributed by atoms with Crippen molar-refractivity contribution in [2.24, 2.45) is 0 Å². The minimum absolute atomic E-state index is 0.0422. The summed E-state index contributed by atoms with van der Waals surface area (Å²) in [7, 11) is 0. The molecule has 0 bridgehead atoms. The number of benzene rings is 1. The van der Waals surface area contributed by atoms with Crippen LogP contribution in [0.4, 0.5) is 0 Å². The predicted molar refractivity (Wildman–Crippen MR) is 67.8 cm³/mol. The molecule has 2 rings (SSSR count). The molecular weight excluding hydrogens is 220 g/mol. The summed E-state index contributed by atoms with van der Waals surface area (Å²) >= 11 is 5.43. The van der Waals surface area contributed by atoms with E-state index in [1.54, 1.807) is 6.08 Å². The number of allylic oxidation sites excluding steroid dienone is 1. The molecule has 1 aromatic rings. The molecule has 0 aromatic heterocycles. The lowest BCUT2D eigenvalue weighted by molar-refractivity contribution is -0.112. The largest absolute Gasteiger partial charge is 0.294 e. The number of carbonyl (C=O) groups excluding carboxylic acids is 1. The summed E-state index contributed by atoms with van der Waals surface area (Å²) < 4.78 is 0.